The van der Waals surface area contributed by atoms with Crippen molar-refractivity contribution in [3.05, 3.63) is 468 Å². The molecule has 0 radical (unpaired) electrons. The molecule has 0 saturated heterocycles. The second kappa shape index (κ2) is 31.1. The Hall–Kier alpha value is -17.1. The minimum atomic E-state index is 0.821. The third-order valence-electron chi connectivity index (χ3n) is 25.0. The fraction of sp³-hybridized carbons (Fsp3) is 0. The van der Waals surface area contributed by atoms with Crippen LogP contribution in [0.5, 0.6) is 0 Å². The van der Waals surface area contributed by atoms with Gasteiger partial charge >= 0.3 is 11.3 Å². The summed E-state index contributed by atoms with van der Waals surface area (Å²) in [6, 6.07) is 157. The third-order valence-corrected chi connectivity index (χ3v) is 25.0. The lowest BCUT2D eigenvalue weighted by molar-refractivity contribution is -0.514. The molecule has 0 aliphatic carbocycles. The average Bonchev–Trinajstić information content (AvgIpc) is 1.59. The van der Waals surface area contributed by atoms with Gasteiger partial charge in [-0.3, -0.25) is 13.7 Å². The molecular weight excluding hydrogens is 1540 g/mol. The molecule has 0 spiro atoms. The van der Waals surface area contributed by atoms with Crippen LogP contribution in [0.15, 0.2) is 468 Å². The van der Waals surface area contributed by atoms with E-state index in [0.29, 0.717) is 0 Å². The number of para-hydroxylation sites is 3. The van der Waals surface area contributed by atoms with E-state index in [4.69, 9.17) is 19.9 Å². The summed E-state index contributed by atoms with van der Waals surface area (Å²) in [6.07, 6.45) is 8.68. The SMILES string of the molecule is c1ccc(-c2cc[n+]3cc(-c4ccc5ccccc5c4)c(-n4c5ccccc5c5cc6ccccc6cc54)nc3c2)cc1.c1ccc(-c2cc[n+]3cc(-c4ccccc4)c(-n4c5ccccc5c5cc6ccccc6cc54)nc3c2)cc1.c1ccc(-c2ccc(-c3nc4ccc(-c5ccccc5)cc4nc3-n3c4ccccc4c4cc5ccccc5cc43)cc2)cc1. The number of pyridine rings is 2. The van der Waals surface area contributed by atoms with E-state index in [1.165, 1.54) is 97.7 Å². The topological polar surface area (TPSA) is 74.6 Å². The Morgan fingerprint density at radius 3 is 0.921 bits per heavy atom. The van der Waals surface area contributed by atoms with Gasteiger partial charge in [-0.1, -0.05) is 346 Å². The molecule has 0 aliphatic heterocycles. The van der Waals surface area contributed by atoms with Crippen LogP contribution in [0.2, 0.25) is 0 Å². The van der Waals surface area contributed by atoms with Gasteiger partial charge in [-0.05, 0) is 194 Å². The van der Waals surface area contributed by atoms with Crippen molar-refractivity contribution in [3.8, 4) is 95.5 Å². The molecule has 0 atom stereocenters. The van der Waals surface area contributed by atoms with Crippen molar-refractivity contribution in [2.45, 2.75) is 0 Å². The monoisotopic (exact) mass is 1620 g/mol. The van der Waals surface area contributed by atoms with Gasteiger partial charge in [0.25, 0.3) is 11.6 Å². The van der Waals surface area contributed by atoms with Gasteiger partial charge in [-0.15, -0.1) is 0 Å². The molecule has 26 aromatic rings. The quantitative estimate of drug-likeness (QED) is 0.128. The molecule has 592 valence electrons. The van der Waals surface area contributed by atoms with Crippen molar-refractivity contribution >= 4 is 131 Å². The van der Waals surface area contributed by atoms with Crippen LogP contribution in [0.4, 0.5) is 0 Å². The minimum Gasteiger partial charge on any atom is -0.292 e. The van der Waals surface area contributed by atoms with Crippen molar-refractivity contribution in [2.75, 3.05) is 0 Å². The Labute approximate surface area is 731 Å². The van der Waals surface area contributed by atoms with E-state index in [0.717, 1.165) is 129 Å². The third kappa shape index (κ3) is 13.3. The van der Waals surface area contributed by atoms with Crippen LogP contribution in [0.3, 0.4) is 0 Å². The number of hydrogen-bond acceptors (Lipinski definition) is 4. The van der Waals surface area contributed by atoms with Crippen molar-refractivity contribution in [2.24, 2.45) is 0 Å². The molecule has 9 heteroatoms. The molecule has 0 saturated carbocycles. The maximum absolute atomic E-state index is 5.47. The summed E-state index contributed by atoms with van der Waals surface area (Å²) in [5.74, 6) is 2.66. The lowest BCUT2D eigenvalue weighted by Crippen LogP contribution is -2.24. The van der Waals surface area contributed by atoms with E-state index in [-0.39, 0.29) is 0 Å². The molecule has 127 heavy (non-hydrogen) atoms. The van der Waals surface area contributed by atoms with E-state index in [1.807, 2.05) is 18.2 Å². The second-order valence-corrected chi connectivity index (χ2v) is 32.6. The van der Waals surface area contributed by atoms with Gasteiger partial charge < -0.3 is 0 Å². The lowest BCUT2D eigenvalue weighted by atomic mass is 10.0. The summed E-state index contributed by atoms with van der Waals surface area (Å²) < 4.78 is 11.3. The van der Waals surface area contributed by atoms with Crippen molar-refractivity contribution in [3.63, 3.8) is 0 Å². The maximum Gasteiger partial charge on any atom is 0.330 e. The standard InChI is InChI=1S/C42H27N3.C40H26N3.C36H24N3/c1-3-11-28(12-4-1)30-19-21-31(22-20-30)41-42(44-38-26-34(23-24-37(38)43-41)29-13-5-2-6-14-29)45-39-18-10-9-17-35(39)36-25-32-15-7-8-16-33(32)27-40(36)45;1-2-10-27(11-3-1)32-20-21-42-26-36(33-19-18-28-12-4-5-13-29(28)22-33)40(41-39(42)25-32)43-37-17-9-8-16-34(37)35-23-30-14-6-7-15-31(30)24-38(35)43;1-3-11-25(12-4-1)29-19-20-38-24-32(26-13-5-2-6-14-26)36(37-35(38)23-29)39-33-18-10-9-17-30(33)31-21-27-15-7-8-16-28(27)22-34(31)39/h1-27H;1-26H;1-24H/q;2*+1. The van der Waals surface area contributed by atoms with Gasteiger partial charge in [0, 0.05) is 50.0 Å². The van der Waals surface area contributed by atoms with Crippen LogP contribution in [0, 0.1) is 0 Å². The number of fused-ring (bicyclic) bond motifs is 16. The van der Waals surface area contributed by atoms with Crippen LogP contribution in [0.25, 0.3) is 226 Å². The van der Waals surface area contributed by atoms with Crippen molar-refractivity contribution in [1.82, 2.24) is 33.6 Å². The smallest absolute Gasteiger partial charge is 0.292 e. The maximum atomic E-state index is 5.47. The molecule has 0 aliphatic rings. The van der Waals surface area contributed by atoms with Gasteiger partial charge in [-0.25, -0.2) is 18.8 Å². The van der Waals surface area contributed by atoms with E-state index in [1.54, 1.807) is 0 Å². The zero-order valence-electron chi connectivity index (χ0n) is 69.0. The Balaban J connectivity index is 0.000000107. The first kappa shape index (κ1) is 73.8. The fourth-order valence-electron chi connectivity index (χ4n) is 18.8. The van der Waals surface area contributed by atoms with Crippen molar-refractivity contribution < 1.29 is 8.80 Å². The van der Waals surface area contributed by atoms with Gasteiger partial charge in [0.1, 0.15) is 18.1 Å². The minimum absolute atomic E-state index is 0.821. The molecule has 0 unspecified atom stereocenters. The molecule has 18 aromatic carbocycles. The summed E-state index contributed by atoms with van der Waals surface area (Å²) in [6.45, 7) is 0. The largest absolute Gasteiger partial charge is 0.330 e. The van der Waals surface area contributed by atoms with E-state index < -0.39 is 0 Å². The van der Waals surface area contributed by atoms with Crippen LogP contribution in [0.1, 0.15) is 0 Å². The summed E-state index contributed by atoms with van der Waals surface area (Å²) in [7, 11) is 0. The Kier molecular flexibility index (Phi) is 18.0. The normalized spacial score (nSPS) is 11.6. The molecule has 0 N–H and O–H groups in total. The number of hydrogen-bond donors (Lipinski definition) is 0. The van der Waals surface area contributed by atoms with Crippen molar-refractivity contribution in [1.29, 1.82) is 0 Å². The van der Waals surface area contributed by atoms with Crippen LogP contribution in [-0.4, -0.2) is 33.6 Å². The Morgan fingerprint density at radius 1 is 0.173 bits per heavy atom. The predicted molar refractivity (Wildman–Crippen MR) is 525 cm³/mol. The zero-order valence-corrected chi connectivity index (χ0v) is 69.0. The van der Waals surface area contributed by atoms with Gasteiger partial charge in [0.05, 0.1) is 67.7 Å². The van der Waals surface area contributed by atoms with E-state index in [9.17, 15) is 0 Å². The van der Waals surface area contributed by atoms with Gasteiger partial charge in [0.15, 0.2) is 5.82 Å². The highest BCUT2D eigenvalue weighted by Crippen LogP contribution is 2.43. The number of aromatic nitrogens is 9. The highest BCUT2D eigenvalue weighted by atomic mass is 15.1. The van der Waals surface area contributed by atoms with Gasteiger partial charge in [0.2, 0.25) is 0 Å². The molecule has 8 aromatic heterocycles. The molecule has 0 bridgehead atoms. The van der Waals surface area contributed by atoms with E-state index in [2.05, 4.69) is 472 Å². The molecule has 0 fully saturated rings. The highest BCUT2D eigenvalue weighted by molar-refractivity contribution is 6.17. The molecule has 8 heterocycles. The molecule has 26 rings (SSSR count). The summed E-state index contributed by atoms with van der Waals surface area (Å²) in [4.78, 5) is 21.6. The first-order valence-corrected chi connectivity index (χ1v) is 43.1. The number of rotatable bonds is 10. The lowest BCUT2D eigenvalue weighted by Gasteiger charge is -2.15. The predicted octanol–water partition coefficient (Wildman–Crippen LogP) is 28.8. The number of nitrogens with zero attached hydrogens (tertiary/aromatic N) is 9. The highest BCUT2D eigenvalue weighted by Gasteiger charge is 2.28. The van der Waals surface area contributed by atoms with Gasteiger partial charge in [-0.2, -0.15) is 0 Å². The van der Waals surface area contributed by atoms with Crippen LogP contribution < -0.4 is 8.80 Å². The summed E-state index contributed by atoms with van der Waals surface area (Å²) in [5.41, 5.74) is 25.9. The number of benzene rings is 18. The molecular formula is C118H77N9+2. The molecule has 0 amide bonds. The first-order chi connectivity index (χ1) is 62.9. The summed E-state index contributed by atoms with van der Waals surface area (Å²) in [5, 5.41) is 17.1. The zero-order chi connectivity index (χ0) is 83.8. The van der Waals surface area contributed by atoms with E-state index >= 15 is 0 Å². The van der Waals surface area contributed by atoms with Crippen LogP contribution >= 0.6 is 0 Å². The molecule has 9 nitrogen and oxygen atoms in total. The Bertz CT molecular complexity index is 8810. The second-order valence-electron chi connectivity index (χ2n) is 32.6. The fourth-order valence-corrected chi connectivity index (χ4v) is 18.8. The van der Waals surface area contributed by atoms with Crippen LogP contribution in [-0.2, 0) is 0 Å². The first-order valence-electron chi connectivity index (χ1n) is 43.1. The average molecular weight is 1620 g/mol. The summed E-state index contributed by atoms with van der Waals surface area (Å²) >= 11 is 0. The Morgan fingerprint density at radius 2 is 0.488 bits per heavy atom.